The van der Waals surface area contributed by atoms with E-state index >= 15 is 0 Å². The van der Waals surface area contributed by atoms with Gasteiger partial charge in [0, 0.05) is 24.0 Å². The molecule has 0 aliphatic heterocycles. The summed E-state index contributed by atoms with van der Waals surface area (Å²) >= 11 is 0. The first-order chi connectivity index (χ1) is 9.69. The standard InChI is InChI=1S/C16H15N3O/c1-2-19-10-13(9-18-19)16(20)14-7-11-5-3-4-6-12(11)8-15(14)17/h3-10H,2,17H2,1H3. The third-order valence-corrected chi connectivity index (χ3v) is 3.38. The van der Waals surface area contributed by atoms with Crippen LogP contribution in [0.5, 0.6) is 0 Å². The Morgan fingerprint density at radius 3 is 2.60 bits per heavy atom. The molecule has 0 aliphatic carbocycles. The van der Waals surface area contributed by atoms with Gasteiger partial charge >= 0.3 is 0 Å². The number of anilines is 1. The predicted octanol–water partition coefficient (Wildman–Crippen LogP) is 2.87. The van der Waals surface area contributed by atoms with E-state index in [1.807, 2.05) is 43.3 Å². The zero-order chi connectivity index (χ0) is 14.1. The average Bonchev–Trinajstić information content (AvgIpc) is 2.94. The Labute approximate surface area is 116 Å². The molecular weight excluding hydrogens is 250 g/mol. The second-order valence-electron chi connectivity index (χ2n) is 4.70. The molecule has 3 aromatic rings. The van der Waals surface area contributed by atoms with Gasteiger partial charge < -0.3 is 5.73 Å². The number of nitrogens with zero attached hydrogens (tertiary/aromatic N) is 2. The number of hydrogen-bond acceptors (Lipinski definition) is 3. The minimum Gasteiger partial charge on any atom is -0.398 e. The van der Waals surface area contributed by atoms with Crippen LogP contribution in [0.25, 0.3) is 10.8 Å². The number of carbonyl (C=O) groups is 1. The summed E-state index contributed by atoms with van der Waals surface area (Å²) in [6, 6.07) is 11.5. The molecule has 3 rings (SSSR count). The lowest BCUT2D eigenvalue weighted by Gasteiger charge is -2.06. The van der Waals surface area contributed by atoms with E-state index in [1.165, 1.54) is 0 Å². The number of hydrogen-bond donors (Lipinski definition) is 1. The molecule has 0 spiro atoms. The summed E-state index contributed by atoms with van der Waals surface area (Å²) in [5, 5.41) is 6.17. The molecule has 2 aromatic carbocycles. The molecule has 0 aliphatic rings. The third kappa shape index (κ3) is 2.05. The van der Waals surface area contributed by atoms with Crippen molar-refractivity contribution in [2.45, 2.75) is 13.5 Å². The molecule has 0 atom stereocenters. The first kappa shape index (κ1) is 12.4. The molecule has 1 aromatic heterocycles. The Bertz CT molecular complexity index is 789. The van der Waals surface area contributed by atoms with Crippen molar-refractivity contribution in [3.63, 3.8) is 0 Å². The van der Waals surface area contributed by atoms with E-state index in [0.29, 0.717) is 16.8 Å². The second-order valence-corrected chi connectivity index (χ2v) is 4.70. The van der Waals surface area contributed by atoms with Gasteiger partial charge in [0.05, 0.1) is 11.8 Å². The number of nitrogens with two attached hydrogens (primary N) is 1. The Morgan fingerprint density at radius 1 is 1.25 bits per heavy atom. The molecule has 0 amide bonds. The lowest BCUT2D eigenvalue weighted by molar-refractivity contribution is 0.103. The van der Waals surface area contributed by atoms with Crippen molar-refractivity contribution in [1.82, 2.24) is 9.78 Å². The molecule has 0 bridgehead atoms. The van der Waals surface area contributed by atoms with Crippen molar-refractivity contribution in [1.29, 1.82) is 0 Å². The molecule has 100 valence electrons. The molecule has 0 saturated heterocycles. The van der Waals surface area contributed by atoms with Gasteiger partial charge in [-0.3, -0.25) is 9.48 Å². The fraction of sp³-hybridized carbons (Fsp3) is 0.125. The number of benzene rings is 2. The Kier molecular flexibility index (Phi) is 2.99. The first-order valence-electron chi connectivity index (χ1n) is 6.54. The summed E-state index contributed by atoms with van der Waals surface area (Å²) in [6.07, 6.45) is 3.33. The van der Waals surface area contributed by atoms with Crippen LogP contribution in [0.4, 0.5) is 5.69 Å². The highest BCUT2D eigenvalue weighted by Gasteiger charge is 2.15. The van der Waals surface area contributed by atoms with E-state index in [2.05, 4.69) is 5.10 Å². The molecule has 0 saturated carbocycles. The highest BCUT2D eigenvalue weighted by molar-refractivity contribution is 6.13. The number of rotatable bonds is 3. The van der Waals surface area contributed by atoms with E-state index < -0.39 is 0 Å². The van der Waals surface area contributed by atoms with Crippen LogP contribution in [0.15, 0.2) is 48.8 Å². The summed E-state index contributed by atoms with van der Waals surface area (Å²) in [6.45, 7) is 2.71. The van der Waals surface area contributed by atoms with Gasteiger partial charge in [0.15, 0.2) is 5.78 Å². The van der Waals surface area contributed by atoms with Gasteiger partial charge in [0.2, 0.25) is 0 Å². The summed E-state index contributed by atoms with van der Waals surface area (Å²) in [5.41, 5.74) is 7.61. The van der Waals surface area contributed by atoms with Crippen LogP contribution < -0.4 is 5.73 Å². The van der Waals surface area contributed by atoms with Gasteiger partial charge in [-0.05, 0) is 29.8 Å². The molecule has 2 N–H and O–H groups in total. The number of carbonyl (C=O) groups excluding carboxylic acids is 1. The van der Waals surface area contributed by atoms with Gasteiger partial charge in [-0.2, -0.15) is 5.10 Å². The van der Waals surface area contributed by atoms with Crippen LogP contribution in [0.2, 0.25) is 0 Å². The normalized spacial score (nSPS) is 10.8. The van der Waals surface area contributed by atoms with E-state index in [9.17, 15) is 4.79 Å². The van der Waals surface area contributed by atoms with Crippen LogP contribution in [-0.4, -0.2) is 15.6 Å². The monoisotopic (exact) mass is 265 g/mol. The maximum Gasteiger partial charge on any atom is 0.198 e. The fourth-order valence-electron chi connectivity index (χ4n) is 2.26. The first-order valence-corrected chi connectivity index (χ1v) is 6.54. The number of nitrogen functional groups attached to an aromatic ring is 1. The average molecular weight is 265 g/mol. The SMILES string of the molecule is CCn1cc(C(=O)c2cc3ccccc3cc2N)cn1. The predicted molar refractivity (Wildman–Crippen MR) is 79.7 cm³/mol. The highest BCUT2D eigenvalue weighted by Crippen LogP contribution is 2.24. The van der Waals surface area contributed by atoms with Crippen LogP contribution in [0.1, 0.15) is 22.8 Å². The third-order valence-electron chi connectivity index (χ3n) is 3.38. The van der Waals surface area contributed by atoms with Crippen molar-refractivity contribution in [3.8, 4) is 0 Å². The van der Waals surface area contributed by atoms with Gasteiger partial charge in [0.25, 0.3) is 0 Å². The topological polar surface area (TPSA) is 60.9 Å². The highest BCUT2D eigenvalue weighted by atomic mass is 16.1. The Balaban J connectivity index is 2.08. The van der Waals surface area contributed by atoms with Gasteiger partial charge in [0.1, 0.15) is 0 Å². The maximum atomic E-state index is 12.5. The van der Waals surface area contributed by atoms with Crippen LogP contribution in [0.3, 0.4) is 0 Å². The molecule has 0 fully saturated rings. The molecule has 0 radical (unpaired) electrons. The fourth-order valence-corrected chi connectivity index (χ4v) is 2.26. The van der Waals surface area contributed by atoms with E-state index in [4.69, 9.17) is 5.73 Å². The molecule has 0 unspecified atom stereocenters. The Hall–Kier alpha value is -2.62. The zero-order valence-corrected chi connectivity index (χ0v) is 11.2. The van der Waals surface area contributed by atoms with E-state index in [1.54, 1.807) is 17.1 Å². The van der Waals surface area contributed by atoms with Crippen molar-refractivity contribution in [3.05, 3.63) is 59.9 Å². The minimum absolute atomic E-state index is 0.0899. The summed E-state index contributed by atoms with van der Waals surface area (Å²) in [5.74, 6) is -0.0899. The molecule has 20 heavy (non-hydrogen) atoms. The lowest BCUT2D eigenvalue weighted by Crippen LogP contribution is -2.05. The maximum absolute atomic E-state index is 12.5. The van der Waals surface area contributed by atoms with Crippen molar-refractivity contribution < 1.29 is 4.79 Å². The minimum atomic E-state index is -0.0899. The van der Waals surface area contributed by atoms with Crippen molar-refractivity contribution >= 4 is 22.2 Å². The van der Waals surface area contributed by atoms with Gasteiger partial charge in [-0.15, -0.1) is 0 Å². The quantitative estimate of drug-likeness (QED) is 0.585. The van der Waals surface area contributed by atoms with Gasteiger partial charge in [-0.25, -0.2) is 0 Å². The van der Waals surface area contributed by atoms with E-state index in [-0.39, 0.29) is 5.78 Å². The molecule has 1 heterocycles. The van der Waals surface area contributed by atoms with Crippen LogP contribution >= 0.6 is 0 Å². The largest absolute Gasteiger partial charge is 0.398 e. The lowest BCUT2D eigenvalue weighted by atomic mass is 10.00. The molecule has 4 heteroatoms. The smallest absolute Gasteiger partial charge is 0.198 e. The van der Waals surface area contributed by atoms with Crippen LogP contribution in [0, 0.1) is 0 Å². The second kappa shape index (κ2) is 4.81. The van der Waals surface area contributed by atoms with Crippen molar-refractivity contribution in [2.75, 3.05) is 5.73 Å². The number of aromatic nitrogens is 2. The summed E-state index contributed by atoms with van der Waals surface area (Å²) < 4.78 is 1.73. The summed E-state index contributed by atoms with van der Waals surface area (Å²) in [4.78, 5) is 12.5. The zero-order valence-electron chi connectivity index (χ0n) is 11.2. The van der Waals surface area contributed by atoms with Crippen molar-refractivity contribution in [2.24, 2.45) is 0 Å². The number of fused-ring (bicyclic) bond motifs is 1. The van der Waals surface area contributed by atoms with Crippen LogP contribution in [-0.2, 0) is 6.54 Å². The van der Waals surface area contributed by atoms with E-state index in [0.717, 1.165) is 17.3 Å². The molecule has 4 nitrogen and oxygen atoms in total. The Morgan fingerprint density at radius 2 is 1.95 bits per heavy atom. The number of ketones is 1. The molecular formula is C16H15N3O. The van der Waals surface area contributed by atoms with Gasteiger partial charge in [-0.1, -0.05) is 24.3 Å². The summed E-state index contributed by atoms with van der Waals surface area (Å²) in [7, 11) is 0. The number of aryl methyl sites for hydroxylation is 1.